The Balaban J connectivity index is 1.89. The maximum Gasteiger partial charge on any atom is 0.311 e. The van der Waals surface area contributed by atoms with Gasteiger partial charge in [-0.05, 0) is 24.3 Å². The number of nitrogens with two attached hydrogens (primary N) is 1. The van der Waals surface area contributed by atoms with Crippen molar-refractivity contribution in [3.05, 3.63) is 27.9 Å². The Hall–Kier alpha value is -2.18. The minimum atomic E-state index is -0.612. The largest absolute Gasteiger partial charge is 0.465 e. The Morgan fingerprint density at radius 1 is 1.63 bits per heavy atom. The molecule has 7 nitrogen and oxygen atoms in total. The zero-order valence-electron chi connectivity index (χ0n) is 10.5. The van der Waals surface area contributed by atoms with Crippen molar-refractivity contribution in [3.63, 3.8) is 0 Å². The Bertz CT molecular complexity index is 518. The third kappa shape index (κ3) is 3.40. The van der Waals surface area contributed by atoms with Crippen molar-refractivity contribution in [2.75, 3.05) is 12.3 Å². The third-order valence-electron chi connectivity index (χ3n) is 3.22. The third-order valence-corrected chi connectivity index (χ3v) is 3.22. The minimum Gasteiger partial charge on any atom is -0.465 e. The van der Waals surface area contributed by atoms with Crippen molar-refractivity contribution in [3.8, 4) is 0 Å². The lowest BCUT2D eigenvalue weighted by Gasteiger charge is -2.04. The van der Waals surface area contributed by atoms with E-state index in [4.69, 9.17) is 10.5 Å². The highest BCUT2D eigenvalue weighted by atomic mass is 16.6. The van der Waals surface area contributed by atoms with Gasteiger partial charge in [-0.1, -0.05) is 6.92 Å². The van der Waals surface area contributed by atoms with Gasteiger partial charge < -0.3 is 10.5 Å². The summed E-state index contributed by atoms with van der Waals surface area (Å²) in [4.78, 5) is 25.3. The molecular weight excluding hydrogens is 250 g/mol. The van der Waals surface area contributed by atoms with Crippen molar-refractivity contribution in [1.82, 2.24) is 4.98 Å². The number of carbonyl (C=O) groups excluding carboxylic acids is 1. The van der Waals surface area contributed by atoms with Crippen molar-refractivity contribution < 1.29 is 14.5 Å². The topological polar surface area (TPSA) is 108 Å². The fourth-order valence-electron chi connectivity index (χ4n) is 1.79. The Labute approximate surface area is 109 Å². The summed E-state index contributed by atoms with van der Waals surface area (Å²) in [6, 6.07) is 2.66. The van der Waals surface area contributed by atoms with E-state index in [9.17, 15) is 14.9 Å². The minimum absolute atomic E-state index is 0.0245. The van der Waals surface area contributed by atoms with Crippen LogP contribution in [0, 0.1) is 22.0 Å². The molecule has 1 aliphatic rings. The first-order chi connectivity index (χ1) is 8.97. The molecule has 0 radical (unpaired) electrons. The van der Waals surface area contributed by atoms with E-state index in [2.05, 4.69) is 11.9 Å². The van der Waals surface area contributed by atoms with Crippen molar-refractivity contribution >= 4 is 17.5 Å². The smallest absolute Gasteiger partial charge is 0.311 e. The lowest BCUT2D eigenvalue weighted by molar-refractivity contribution is -0.384. The standard InChI is InChI=1S/C12H15N3O4/c1-7-4-8(7)6-19-11(16)5-9-2-3-10(15(17)18)12(13)14-9/h2-3,7-8H,4-6H2,1H3,(H2,13,14)/t7?,8-/m1/s1. The van der Waals surface area contributed by atoms with Crippen LogP contribution >= 0.6 is 0 Å². The average Bonchev–Trinajstić information content (AvgIpc) is 3.02. The molecule has 0 spiro atoms. The Kier molecular flexibility index (Phi) is 3.64. The van der Waals surface area contributed by atoms with E-state index in [-0.39, 0.29) is 23.9 Å². The molecule has 1 saturated carbocycles. The van der Waals surface area contributed by atoms with E-state index in [0.29, 0.717) is 24.1 Å². The fourth-order valence-corrected chi connectivity index (χ4v) is 1.79. The summed E-state index contributed by atoms with van der Waals surface area (Å²) in [5.41, 5.74) is 5.56. The number of rotatable bonds is 5. The summed E-state index contributed by atoms with van der Waals surface area (Å²) in [6.45, 7) is 2.54. The number of nitrogen functional groups attached to an aromatic ring is 1. The maximum atomic E-state index is 11.5. The van der Waals surface area contributed by atoms with Gasteiger partial charge >= 0.3 is 11.7 Å². The Morgan fingerprint density at radius 2 is 2.32 bits per heavy atom. The molecule has 19 heavy (non-hydrogen) atoms. The zero-order chi connectivity index (χ0) is 14.0. The number of pyridine rings is 1. The average molecular weight is 265 g/mol. The second-order valence-corrected chi connectivity index (χ2v) is 4.80. The number of esters is 1. The lowest BCUT2D eigenvalue weighted by Crippen LogP contribution is -2.12. The summed E-state index contributed by atoms with van der Waals surface area (Å²) in [6.07, 6.45) is 1.07. The predicted molar refractivity (Wildman–Crippen MR) is 67.2 cm³/mol. The van der Waals surface area contributed by atoms with E-state index in [1.54, 1.807) is 0 Å². The predicted octanol–water partition coefficient (Wildman–Crippen LogP) is 1.31. The number of ether oxygens (including phenoxy) is 1. The van der Waals surface area contributed by atoms with Crippen LogP contribution in [0.15, 0.2) is 12.1 Å². The van der Waals surface area contributed by atoms with Crippen LogP contribution in [0.1, 0.15) is 19.0 Å². The van der Waals surface area contributed by atoms with Gasteiger partial charge in [0.15, 0.2) is 0 Å². The molecule has 1 aliphatic carbocycles. The molecule has 2 atom stereocenters. The highest BCUT2D eigenvalue weighted by molar-refractivity contribution is 5.72. The van der Waals surface area contributed by atoms with Crippen molar-refractivity contribution in [2.24, 2.45) is 11.8 Å². The molecule has 2 N–H and O–H groups in total. The molecule has 1 aromatic rings. The molecule has 1 fully saturated rings. The molecule has 1 unspecified atom stereocenters. The van der Waals surface area contributed by atoms with E-state index in [1.165, 1.54) is 12.1 Å². The molecule has 0 amide bonds. The number of carbonyl (C=O) groups is 1. The second-order valence-electron chi connectivity index (χ2n) is 4.80. The highest BCUT2D eigenvalue weighted by Crippen LogP contribution is 2.37. The van der Waals surface area contributed by atoms with Gasteiger partial charge in [0, 0.05) is 6.07 Å². The summed E-state index contributed by atoms with van der Waals surface area (Å²) in [7, 11) is 0. The highest BCUT2D eigenvalue weighted by Gasteiger charge is 2.33. The van der Waals surface area contributed by atoms with Gasteiger partial charge in [-0.15, -0.1) is 0 Å². The first kappa shape index (κ1) is 13.3. The molecule has 0 bridgehead atoms. The van der Waals surface area contributed by atoms with Crippen LogP contribution in [0.4, 0.5) is 11.5 Å². The zero-order valence-corrected chi connectivity index (χ0v) is 10.5. The molecule has 7 heteroatoms. The number of nitro groups is 1. The first-order valence-electron chi connectivity index (χ1n) is 6.02. The fraction of sp³-hybridized carbons (Fsp3) is 0.500. The molecule has 0 aromatic carbocycles. The lowest BCUT2D eigenvalue weighted by atomic mass is 10.2. The van der Waals surface area contributed by atoms with Crippen molar-refractivity contribution in [2.45, 2.75) is 19.8 Å². The monoisotopic (exact) mass is 265 g/mol. The number of hydrogen-bond donors (Lipinski definition) is 1. The molecule has 1 heterocycles. The summed E-state index contributed by atoms with van der Waals surface area (Å²) >= 11 is 0. The van der Waals surface area contributed by atoms with Crippen LogP contribution < -0.4 is 5.73 Å². The van der Waals surface area contributed by atoms with Crippen LogP contribution in [0.2, 0.25) is 0 Å². The van der Waals surface area contributed by atoms with Crippen LogP contribution in [0.25, 0.3) is 0 Å². The number of nitrogens with zero attached hydrogens (tertiary/aromatic N) is 2. The van der Waals surface area contributed by atoms with Crippen LogP contribution in [0.3, 0.4) is 0 Å². The van der Waals surface area contributed by atoms with E-state index < -0.39 is 4.92 Å². The number of anilines is 1. The van der Waals surface area contributed by atoms with E-state index in [0.717, 1.165) is 6.42 Å². The summed E-state index contributed by atoms with van der Waals surface area (Å²) in [5, 5.41) is 10.6. The normalized spacial score (nSPS) is 20.9. The van der Waals surface area contributed by atoms with Gasteiger partial charge in [-0.25, -0.2) is 4.98 Å². The SMILES string of the molecule is CC1C[C@@H]1COC(=O)Cc1ccc([N+](=O)[O-])c(N)n1. The molecular formula is C12H15N3O4. The second kappa shape index (κ2) is 5.21. The quantitative estimate of drug-likeness (QED) is 0.488. The van der Waals surface area contributed by atoms with Gasteiger partial charge in [0.2, 0.25) is 5.82 Å². The Morgan fingerprint density at radius 3 is 2.84 bits per heavy atom. The van der Waals surface area contributed by atoms with Gasteiger partial charge in [0.05, 0.1) is 23.6 Å². The maximum absolute atomic E-state index is 11.5. The van der Waals surface area contributed by atoms with Crippen LogP contribution in [0.5, 0.6) is 0 Å². The van der Waals surface area contributed by atoms with E-state index >= 15 is 0 Å². The van der Waals surface area contributed by atoms with Gasteiger partial charge in [-0.3, -0.25) is 14.9 Å². The van der Waals surface area contributed by atoms with Crippen LogP contribution in [-0.2, 0) is 16.0 Å². The van der Waals surface area contributed by atoms with Gasteiger partial charge in [-0.2, -0.15) is 0 Å². The molecule has 0 aliphatic heterocycles. The summed E-state index contributed by atoms with van der Waals surface area (Å²) in [5.74, 6) is 0.519. The molecule has 0 saturated heterocycles. The first-order valence-corrected chi connectivity index (χ1v) is 6.02. The molecule has 1 aromatic heterocycles. The molecule has 2 rings (SSSR count). The molecule has 102 valence electrons. The van der Waals surface area contributed by atoms with Crippen molar-refractivity contribution in [1.29, 1.82) is 0 Å². The van der Waals surface area contributed by atoms with Crippen LogP contribution in [-0.4, -0.2) is 22.5 Å². The number of aromatic nitrogens is 1. The van der Waals surface area contributed by atoms with E-state index in [1.807, 2.05) is 0 Å². The van der Waals surface area contributed by atoms with Gasteiger partial charge in [0.25, 0.3) is 0 Å². The summed E-state index contributed by atoms with van der Waals surface area (Å²) < 4.78 is 5.10. The number of hydrogen-bond acceptors (Lipinski definition) is 6. The van der Waals surface area contributed by atoms with Gasteiger partial charge in [0.1, 0.15) is 0 Å².